The molecule has 1 aliphatic heterocycles. The molecule has 0 saturated heterocycles. The van der Waals surface area contributed by atoms with Crippen molar-refractivity contribution in [1.29, 1.82) is 10.5 Å². The summed E-state index contributed by atoms with van der Waals surface area (Å²) in [7, 11) is 0. The van der Waals surface area contributed by atoms with Crippen LogP contribution in [0.15, 0.2) is 47.6 Å². The highest BCUT2D eigenvalue weighted by Gasteiger charge is 2.46. The maximum Gasteiger partial charge on any atom is 0.435 e. The van der Waals surface area contributed by atoms with Crippen molar-refractivity contribution in [2.75, 3.05) is 18.2 Å². The molecule has 0 fully saturated rings. The first-order valence-corrected chi connectivity index (χ1v) is 12.9. The fourth-order valence-corrected chi connectivity index (χ4v) is 3.88. The minimum atomic E-state index is -4.77. The predicted octanol–water partition coefficient (Wildman–Crippen LogP) is 5.84. The van der Waals surface area contributed by atoms with E-state index >= 15 is 0 Å². The Hall–Kier alpha value is -5.52. The van der Waals surface area contributed by atoms with E-state index in [0.717, 1.165) is 41.4 Å². The summed E-state index contributed by atoms with van der Waals surface area (Å²) in [5, 5.41) is 25.1. The van der Waals surface area contributed by atoms with Crippen molar-refractivity contribution < 1.29 is 54.2 Å². The normalized spacial score (nSPS) is 14.4. The Kier molecular flexibility index (Phi) is 10.7. The number of rotatable bonds is 6. The van der Waals surface area contributed by atoms with Gasteiger partial charge in [0.15, 0.2) is 17.4 Å². The highest BCUT2D eigenvalue weighted by Crippen LogP contribution is 2.33. The largest absolute Gasteiger partial charge is 0.464 e. The lowest BCUT2D eigenvalue weighted by molar-refractivity contribution is -0.144. The van der Waals surface area contributed by atoms with Gasteiger partial charge in [0, 0.05) is 12.5 Å². The van der Waals surface area contributed by atoms with E-state index in [2.05, 4.69) is 10.2 Å². The number of ether oxygens (including phenoxy) is 2. The molecule has 4 rings (SSSR count). The number of anilines is 1. The number of carbonyl (C=O) groups is 2. The van der Waals surface area contributed by atoms with Crippen molar-refractivity contribution in [2.45, 2.75) is 38.7 Å². The summed E-state index contributed by atoms with van der Waals surface area (Å²) in [4.78, 5) is 23.7. The van der Waals surface area contributed by atoms with E-state index in [-0.39, 0.29) is 35.7 Å². The summed E-state index contributed by atoms with van der Waals surface area (Å²) in [6.45, 7) is 2.97. The number of hydrogen-bond acceptors (Lipinski definition) is 9. The zero-order valence-corrected chi connectivity index (χ0v) is 23.6. The molecule has 18 heteroatoms. The SMILES string of the molecule is CCOC(=O)C1CC(C(F)(F)F)=NN1c1ccc(F)c(C#N)c1.CCOC(=O)c1cc(C(F)(F)F)nn1-c1ccc(F)c(C#N)c1. The quantitative estimate of drug-likeness (QED) is 0.239. The Morgan fingerprint density at radius 1 is 0.870 bits per heavy atom. The molecule has 0 amide bonds. The Morgan fingerprint density at radius 3 is 1.91 bits per heavy atom. The van der Waals surface area contributed by atoms with Crippen LogP contribution in [0.25, 0.3) is 5.69 Å². The van der Waals surface area contributed by atoms with Gasteiger partial charge in [0.25, 0.3) is 0 Å². The maximum absolute atomic E-state index is 13.4. The van der Waals surface area contributed by atoms with E-state index in [1.165, 1.54) is 13.8 Å². The van der Waals surface area contributed by atoms with E-state index < -0.39 is 65.5 Å². The van der Waals surface area contributed by atoms with Crippen molar-refractivity contribution >= 4 is 23.3 Å². The molecule has 1 atom stereocenters. The van der Waals surface area contributed by atoms with Crippen molar-refractivity contribution in [3.8, 4) is 17.8 Å². The minimum Gasteiger partial charge on any atom is -0.464 e. The van der Waals surface area contributed by atoms with Crippen LogP contribution in [0.1, 0.15) is 47.6 Å². The highest BCUT2D eigenvalue weighted by molar-refractivity contribution is 5.99. The predicted molar refractivity (Wildman–Crippen MR) is 141 cm³/mol. The Morgan fingerprint density at radius 2 is 1.41 bits per heavy atom. The van der Waals surface area contributed by atoms with Crippen LogP contribution in [0.3, 0.4) is 0 Å². The van der Waals surface area contributed by atoms with E-state index in [1.807, 2.05) is 0 Å². The summed E-state index contributed by atoms with van der Waals surface area (Å²) in [6, 6.07) is 8.46. The van der Waals surface area contributed by atoms with Crippen LogP contribution >= 0.6 is 0 Å². The molecule has 0 radical (unpaired) electrons. The molecule has 10 nitrogen and oxygen atoms in total. The second kappa shape index (κ2) is 14.1. The topological polar surface area (TPSA) is 134 Å². The number of esters is 2. The first kappa shape index (κ1) is 35.0. The molecule has 0 aliphatic carbocycles. The molecular weight excluding hydrogens is 636 g/mol. The number of aromatic nitrogens is 2. The number of nitrogens with zero attached hydrogens (tertiary/aromatic N) is 6. The molecule has 3 aromatic rings. The van der Waals surface area contributed by atoms with Gasteiger partial charge in [-0.2, -0.15) is 47.1 Å². The molecular formula is C28H20F8N6O4. The molecule has 2 heterocycles. The van der Waals surface area contributed by atoms with Gasteiger partial charge in [0.1, 0.15) is 29.5 Å². The lowest BCUT2D eigenvalue weighted by Gasteiger charge is -2.22. The van der Waals surface area contributed by atoms with Gasteiger partial charge in [-0.1, -0.05) is 0 Å². The lowest BCUT2D eigenvalue weighted by Crippen LogP contribution is -2.36. The van der Waals surface area contributed by atoms with Gasteiger partial charge in [0.2, 0.25) is 0 Å². The number of benzene rings is 2. The fourth-order valence-electron chi connectivity index (χ4n) is 3.88. The summed E-state index contributed by atoms with van der Waals surface area (Å²) < 4.78 is 114. The molecule has 0 N–H and O–H groups in total. The molecule has 1 unspecified atom stereocenters. The van der Waals surface area contributed by atoms with Crippen molar-refractivity contribution in [1.82, 2.24) is 9.78 Å². The zero-order valence-electron chi connectivity index (χ0n) is 23.6. The van der Waals surface area contributed by atoms with Crippen LogP contribution in [0.2, 0.25) is 0 Å². The average molecular weight is 656 g/mol. The van der Waals surface area contributed by atoms with E-state index in [1.54, 1.807) is 12.1 Å². The smallest absolute Gasteiger partial charge is 0.435 e. The first-order chi connectivity index (χ1) is 21.5. The van der Waals surface area contributed by atoms with Gasteiger partial charge in [-0.3, -0.25) is 5.01 Å². The maximum atomic E-state index is 13.4. The first-order valence-electron chi connectivity index (χ1n) is 12.9. The van der Waals surface area contributed by atoms with E-state index in [0.29, 0.717) is 10.7 Å². The monoisotopic (exact) mass is 656 g/mol. The number of hydrogen-bond donors (Lipinski definition) is 0. The van der Waals surface area contributed by atoms with Crippen molar-refractivity contribution in [3.05, 3.63) is 76.6 Å². The van der Waals surface area contributed by atoms with Crippen LogP contribution in [-0.4, -0.2) is 52.9 Å². The number of carbonyl (C=O) groups excluding carboxylic acids is 2. The zero-order chi connectivity index (χ0) is 34.4. The van der Waals surface area contributed by atoms with Crippen LogP contribution in [0, 0.1) is 34.3 Å². The number of alkyl halides is 6. The third kappa shape index (κ3) is 7.95. The summed E-state index contributed by atoms with van der Waals surface area (Å²) in [5.74, 6) is -3.54. The molecule has 0 spiro atoms. The standard InChI is InChI=1S/C14H11F4N3O2.C14H9F4N3O2/c2*1-2-23-13(22)11-6-12(14(16,17)18)20-21(11)9-3-4-10(15)8(5-9)7-19/h3-5,11H,2,6H2,1H3;3-6H,2H2,1H3. The molecule has 1 aliphatic rings. The summed E-state index contributed by atoms with van der Waals surface area (Å²) >= 11 is 0. The molecule has 46 heavy (non-hydrogen) atoms. The fraction of sp³-hybridized carbons (Fsp3) is 0.286. The molecule has 242 valence electrons. The third-order valence-corrected chi connectivity index (χ3v) is 5.93. The van der Waals surface area contributed by atoms with E-state index in [4.69, 9.17) is 20.0 Å². The average Bonchev–Trinajstić information content (AvgIpc) is 3.65. The van der Waals surface area contributed by atoms with E-state index in [9.17, 15) is 44.7 Å². The third-order valence-electron chi connectivity index (χ3n) is 5.93. The molecule has 1 aromatic heterocycles. The van der Waals surface area contributed by atoms with Gasteiger partial charge in [-0.25, -0.2) is 23.1 Å². The second-order valence-corrected chi connectivity index (χ2v) is 8.96. The number of nitriles is 2. The number of halogens is 8. The van der Waals surface area contributed by atoms with Crippen molar-refractivity contribution in [3.63, 3.8) is 0 Å². The van der Waals surface area contributed by atoms with Crippen LogP contribution < -0.4 is 5.01 Å². The second-order valence-electron chi connectivity index (χ2n) is 8.96. The highest BCUT2D eigenvalue weighted by atomic mass is 19.4. The van der Waals surface area contributed by atoms with Gasteiger partial charge in [-0.15, -0.1) is 0 Å². The summed E-state index contributed by atoms with van der Waals surface area (Å²) in [5.41, 5.74) is -3.74. The summed E-state index contributed by atoms with van der Waals surface area (Å²) in [6.07, 6.45) is -10.1. The van der Waals surface area contributed by atoms with Gasteiger partial charge >= 0.3 is 24.3 Å². The van der Waals surface area contributed by atoms with Crippen LogP contribution in [0.4, 0.5) is 40.8 Å². The van der Waals surface area contributed by atoms with Gasteiger partial charge < -0.3 is 9.47 Å². The van der Waals surface area contributed by atoms with Crippen molar-refractivity contribution in [2.24, 2.45) is 5.10 Å². The molecule has 2 aromatic carbocycles. The Bertz CT molecular complexity index is 1740. The van der Waals surface area contributed by atoms with Gasteiger partial charge in [-0.05, 0) is 50.2 Å². The van der Waals surface area contributed by atoms with Crippen LogP contribution in [0.5, 0.6) is 0 Å². The molecule has 0 saturated carbocycles. The molecule has 0 bridgehead atoms. The lowest BCUT2D eigenvalue weighted by atomic mass is 10.1. The Balaban J connectivity index is 0.000000250. The van der Waals surface area contributed by atoms with Crippen LogP contribution in [-0.2, 0) is 20.4 Å². The van der Waals surface area contributed by atoms with Gasteiger partial charge in [0.05, 0.1) is 35.7 Å². The Labute approximate surface area is 254 Å². The number of hydrazone groups is 1. The minimum absolute atomic E-state index is 0.000234.